The standard InChI is InChI=1S/C13H21BrN2O/c1-16(8-4-3-7-15)10-11-5-6-13(17-2)12(14)9-11/h5-6,9H,3-4,7-8,10,15H2,1-2H3. The van der Waals surface area contributed by atoms with Crippen molar-refractivity contribution in [1.82, 2.24) is 4.90 Å². The number of nitrogens with zero attached hydrogens (tertiary/aromatic N) is 1. The molecule has 0 saturated carbocycles. The van der Waals surface area contributed by atoms with Gasteiger partial charge in [-0.1, -0.05) is 6.07 Å². The molecule has 0 atom stereocenters. The summed E-state index contributed by atoms with van der Waals surface area (Å²) in [5, 5.41) is 0. The highest BCUT2D eigenvalue weighted by molar-refractivity contribution is 9.10. The lowest BCUT2D eigenvalue weighted by Gasteiger charge is -2.17. The third-order valence-corrected chi connectivity index (χ3v) is 3.28. The minimum Gasteiger partial charge on any atom is -0.496 e. The van der Waals surface area contributed by atoms with Gasteiger partial charge in [-0.15, -0.1) is 0 Å². The Kier molecular flexibility index (Phi) is 6.55. The molecule has 0 heterocycles. The van der Waals surface area contributed by atoms with E-state index in [-0.39, 0.29) is 0 Å². The molecule has 0 radical (unpaired) electrons. The summed E-state index contributed by atoms with van der Waals surface area (Å²) in [6.07, 6.45) is 2.25. The van der Waals surface area contributed by atoms with Crippen molar-refractivity contribution in [3.8, 4) is 5.75 Å². The van der Waals surface area contributed by atoms with Gasteiger partial charge >= 0.3 is 0 Å². The summed E-state index contributed by atoms with van der Waals surface area (Å²) in [6, 6.07) is 6.20. The number of ether oxygens (including phenoxy) is 1. The number of benzene rings is 1. The van der Waals surface area contributed by atoms with Gasteiger partial charge in [0.1, 0.15) is 5.75 Å². The van der Waals surface area contributed by atoms with Gasteiger partial charge in [-0.25, -0.2) is 0 Å². The molecule has 17 heavy (non-hydrogen) atoms. The molecule has 1 aromatic carbocycles. The first-order chi connectivity index (χ1) is 8.17. The van der Waals surface area contributed by atoms with E-state index in [1.54, 1.807) is 7.11 Å². The number of hydrogen-bond donors (Lipinski definition) is 1. The molecule has 2 N–H and O–H groups in total. The number of nitrogens with two attached hydrogens (primary N) is 1. The second-order valence-corrected chi connectivity index (χ2v) is 5.06. The fourth-order valence-corrected chi connectivity index (χ4v) is 2.31. The topological polar surface area (TPSA) is 38.5 Å². The summed E-state index contributed by atoms with van der Waals surface area (Å²) < 4.78 is 6.22. The molecule has 0 aliphatic rings. The predicted octanol–water partition coefficient (Wildman–Crippen LogP) is 2.63. The van der Waals surface area contributed by atoms with Crippen molar-refractivity contribution in [3.63, 3.8) is 0 Å². The maximum atomic E-state index is 5.48. The van der Waals surface area contributed by atoms with E-state index in [1.165, 1.54) is 5.56 Å². The van der Waals surface area contributed by atoms with E-state index in [0.717, 1.165) is 42.7 Å². The first kappa shape index (κ1) is 14.5. The second kappa shape index (κ2) is 7.69. The van der Waals surface area contributed by atoms with Crippen LogP contribution in [0.25, 0.3) is 0 Å². The third-order valence-electron chi connectivity index (χ3n) is 2.66. The van der Waals surface area contributed by atoms with Crippen molar-refractivity contribution in [2.75, 3.05) is 27.2 Å². The second-order valence-electron chi connectivity index (χ2n) is 4.20. The monoisotopic (exact) mass is 300 g/mol. The maximum absolute atomic E-state index is 5.48. The van der Waals surface area contributed by atoms with Crippen LogP contribution in [0.3, 0.4) is 0 Å². The van der Waals surface area contributed by atoms with Gasteiger partial charge in [0.15, 0.2) is 0 Å². The Morgan fingerprint density at radius 1 is 1.35 bits per heavy atom. The lowest BCUT2D eigenvalue weighted by atomic mass is 10.2. The van der Waals surface area contributed by atoms with Gasteiger partial charge in [0.05, 0.1) is 11.6 Å². The van der Waals surface area contributed by atoms with E-state index in [9.17, 15) is 0 Å². The normalized spacial score (nSPS) is 10.9. The first-order valence-electron chi connectivity index (χ1n) is 5.88. The highest BCUT2D eigenvalue weighted by Gasteiger charge is 2.04. The van der Waals surface area contributed by atoms with Crippen LogP contribution in [0.2, 0.25) is 0 Å². The zero-order valence-electron chi connectivity index (χ0n) is 10.6. The molecule has 0 aliphatic heterocycles. The van der Waals surface area contributed by atoms with E-state index in [0.29, 0.717) is 0 Å². The first-order valence-corrected chi connectivity index (χ1v) is 6.67. The molecule has 0 unspecified atom stereocenters. The van der Waals surface area contributed by atoms with Crippen molar-refractivity contribution in [1.29, 1.82) is 0 Å². The Hall–Kier alpha value is -0.580. The molecule has 1 rings (SSSR count). The van der Waals surface area contributed by atoms with E-state index >= 15 is 0 Å². The highest BCUT2D eigenvalue weighted by atomic mass is 79.9. The maximum Gasteiger partial charge on any atom is 0.133 e. The van der Waals surface area contributed by atoms with E-state index in [2.05, 4.69) is 40.0 Å². The molecule has 0 spiro atoms. The average molecular weight is 301 g/mol. The molecular weight excluding hydrogens is 280 g/mol. The third kappa shape index (κ3) is 5.06. The van der Waals surface area contributed by atoms with Crippen LogP contribution >= 0.6 is 15.9 Å². The summed E-state index contributed by atoms with van der Waals surface area (Å²) in [6.45, 7) is 2.82. The number of methoxy groups -OCH3 is 1. The van der Waals surface area contributed by atoms with Gasteiger partial charge in [-0.3, -0.25) is 0 Å². The fraction of sp³-hybridized carbons (Fsp3) is 0.538. The molecule has 3 nitrogen and oxygen atoms in total. The number of hydrogen-bond acceptors (Lipinski definition) is 3. The number of unbranched alkanes of at least 4 members (excludes halogenated alkanes) is 1. The quantitative estimate of drug-likeness (QED) is 0.787. The average Bonchev–Trinajstić information content (AvgIpc) is 2.29. The van der Waals surface area contributed by atoms with Crippen LogP contribution in [-0.4, -0.2) is 32.1 Å². The van der Waals surface area contributed by atoms with Gasteiger partial charge in [0, 0.05) is 6.54 Å². The molecule has 0 saturated heterocycles. The molecule has 1 aromatic rings. The lowest BCUT2D eigenvalue weighted by molar-refractivity contribution is 0.319. The zero-order valence-corrected chi connectivity index (χ0v) is 12.2. The minimum atomic E-state index is 0.780. The van der Waals surface area contributed by atoms with Crippen LogP contribution in [0, 0.1) is 0 Å². The zero-order chi connectivity index (χ0) is 12.7. The van der Waals surface area contributed by atoms with Crippen LogP contribution in [0.5, 0.6) is 5.75 Å². The summed E-state index contributed by atoms with van der Waals surface area (Å²) in [7, 11) is 3.81. The van der Waals surface area contributed by atoms with Crippen LogP contribution in [-0.2, 0) is 6.54 Å². The lowest BCUT2D eigenvalue weighted by Crippen LogP contribution is -2.19. The van der Waals surface area contributed by atoms with Gasteiger partial charge in [-0.2, -0.15) is 0 Å². The van der Waals surface area contributed by atoms with Gasteiger partial charge < -0.3 is 15.4 Å². The predicted molar refractivity (Wildman–Crippen MR) is 75.3 cm³/mol. The van der Waals surface area contributed by atoms with Gasteiger partial charge in [-0.05, 0) is 66.6 Å². The summed E-state index contributed by atoms with van der Waals surface area (Å²) in [5.41, 5.74) is 6.77. The van der Waals surface area contributed by atoms with Gasteiger partial charge in [0.25, 0.3) is 0 Å². The Morgan fingerprint density at radius 2 is 2.12 bits per heavy atom. The van der Waals surface area contributed by atoms with Crippen molar-refractivity contribution in [3.05, 3.63) is 28.2 Å². The van der Waals surface area contributed by atoms with Crippen LogP contribution in [0.15, 0.2) is 22.7 Å². The molecule has 0 bridgehead atoms. The smallest absolute Gasteiger partial charge is 0.133 e. The Bertz CT molecular complexity index is 344. The SMILES string of the molecule is COc1ccc(CN(C)CCCCN)cc1Br. The molecular formula is C13H21BrN2O. The summed E-state index contributed by atoms with van der Waals surface area (Å²) >= 11 is 3.50. The molecule has 0 aromatic heterocycles. The number of rotatable bonds is 7. The Balaban J connectivity index is 2.48. The molecule has 0 fully saturated rings. The van der Waals surface area contributed by atoms with Crippen LogP contribution < -0.4 is 10.5 Å². The fourth-order valence-electron chi connectivity index (χ4n) is 1.73. The minimum absolute atomic E-state index is 0.780. The highest BCUT2D eigenvalue weighted by Crippen LogP contribution is 2.25. The van der Waals surface area contributed by atoms with E-state index in [1.807, 2.05) is 6.07 Å². The largest absolute Gasteiger partial charge is 0.496 e. The van der Waals surface area contributed by atoms with Crippen molar-refractivity contribution < 1.29 is 4.74 Å². The number of halogens is 1. The summed E-state index contributed by atoms with van der Waals surface area (Å²) in [5.74, 6) is 0.875. The van der Waals surface area contributed by atoms with Crippen molar-refractivity contribution in [2.45, 2.75) is 19.4 Å². The van der Waals surface area contributed by atoms with E-state index < -0.39 is 0 Å². The van der Waals surface area contributed by atoms with Crippen molar-refractivity contribution in [2.24, 2.45) is 5.73 Å². The van der Waals surface area contributed by atoms with E-state index in [4.69, 9.17) is 10.5 Å². The summed E-state index contributed by atoms with van der Waals surface area (Å²) in [4.78, 5) is 2.31. The Labute approximate surface area is 112 Å². The van der Waals surface area contributed by atoms with Crippen LogP contribution in [0.1, 0.15) is 18.4 Å². The molecule has 0 aliphatic carbocycles. The molecule has 96 valence electrons. The van der Waals surface area contributed by atoms with Crippen LogP contribution in [0.4, 0.5) is 0 Å². The molecule has 0 amide bonds. The molecule has 4 heteroatoms. The van der Waals surface area contributed by atoms with Crippen molar-refractivity contribution >= 4 is 15.9 Å². The Morgan fingerprint density at radius 3 is 2.71 bits per heavy atom. The van der Waals surface area contributed by atoms with Gasteiger partial charge in [0.2, 0.25) is 0 Å².